The molecule has 0 spiro atoms. The van der Waals surface area contributed by atoms with Crippen LogP contribution in [0.25, 0.3) is 111 Å². The minimum atomic E-state index is -0.0874. The maximum absolute atomic E-state index is 2.58. The van der Waals surface area contributed by atoms with Gasteiger partial charge in [-0.3, -0.25) is 0 Å². The molecule has 0 aliphatic heterocycles. The summed E-state index contributed by atoms with van der Waals surface area (Å²) in [5, 5.41) is 5.05. The molecule has 86 heavy (non-hydrogen) atoms. The van der Waals surface area contributed by atoms with E-state index < -0.39 is 0 Å². The molecule has 0 radical (unpaired) electrons. The fraction of sp³-hybridized carbons (Fsp3) is 0.209. The van der Waals surface area contributed by atoms with E-state index in [0.29, 0.717) is 0 Å². The number of fused-ring (bicyclic) bond motifs is 8. The van der Waals surface area contributed by atoms with Gasteiger partial charge in [-0.15, -0.1) is 0 Å². The second kappa shape index (κ2) is 20.4. The third kappa shape index (κ3) is 9.27. The van der Waals surface area contributed by atoms with Crippen LogP contribution >= 0.6 is 0 Å². The van der Waals surface area contributed by atoms with Gasteiger partial charge in [-0.2, -0.15) is 0 Å². The van der Waals surface area contributed by atoms with Crippen LogP contribution in [0.4, 0.5) is 0 Å². The fourth-order valence-electron chi connectivity index (χ4n) is 14.5. The standard InChI is InChI=1S/C86H78/c1-83(2,3)61-47-59(48-62(51-61)84(4,5)6)75-67-37-23-15-13-14-16-24-38-68(67)76(60-49-63(85(7,8)9)52-64(50-60)86(10,11)12)82-72-44-42-70-77-69(41-43-71(78(72)77)81(75)82)79-73(57-35-27-33-55(45-57)53-29-19-17-20-30-53)65-39-25-26-40-66(65)74(80(70)79)58-36-28-34-56(46-58)54-31-21-18-22-32-54/h13-52,77-78H,1-12H3. The summed E-state index contributed by atoms with van der Waals surface area (Å²) < 4.78 is 0. The van der Waals surface area contributed by atoms with Crippen molar-refractivity contribution in [3.8, 4) is 66.8 Å². The van der Waals surface area contributed by atoms with Crippen molar-refractivity contribution in [2.75, 3.05) is 0 Å². The number of hydrogen-bond donors (Lipinski definition) is 0. The summed E-state index contributed by atoms with van der Waals surface area (Å²) in [5.41, 5.74) is 31.3. The number of allylic oxidation sites excluding steroid dienone is 8. The second-order valence-corrected chi connectivity index (χ2v) is 28.8. The van der Waals surface area contributed by atoms with Gasteiger partial charge in [0.05, 0.1) is 0 Å². The lowest BCUT2D eigenvalue weighted by Crippen LogP contribution is -2.18. The summed E-state index contributed by atoms with van der Waals surface area (Å²) in [7, 11) is 0. The van der Waals surface area contributed by atoms with Crippen LogP contribution in [-0.4, -0.2) is 0 Å². The van der Waals surface area contributed by atoms with Crippen LogP contribution in [0, 0.1) is 11.8 Å². The Morgan fingerprint density at radius 3 is 0.733 bits per heavy atom. The van der Waals surface area contributed by atoms with Gasteiger partial charge in [0.2, 0.25) is 0 Å². The van der Waals surface area contributed by atoms with E-state index in [1.54, 1.807) is 0 Å². The van der Waals surface area contributed by atoms with Gasteiger partial charge in [-0.25, -0.2) is 0 Å². The molecule has 10 aromatic carbocycles. The Labute approximate surface area is 511 Å². The molecule has 0 saturated heterocycles. The fourth-order valence-corrected chi connectivity index (χ4v) is 14.5. The number of hydrogen-bond acceptors (Lipinski definition) is 0. The molecule has 422 valence electrons. The van der Waals surface area contributed by atoms with E-state index in [-0.39, 0.29) is 33.5 Å². The zero-order chi connectivity index (χ0) is 59.6. The smallest absolute Gasteiger partial charge is 0.0212 e. The molecule has 4 aliphatic rings. The van der Waals surface area contributed by atoms with Crippen LogP contribution in [0.5, 0.6) is 0 Å². The summed E-state index contributed by atoms with van der Waals surface area (Å²) in [5.74, 6) is 0.113. The molecule has 0 amide bonds. The second-order valence-electron chi connectivity index (χ2n) is 28.8. The summed E-state index contributed by atoms with van der Waals surface area (Å²) in [6, 6.07) is 83.1. The third-order valence-electron chi connectivity index (χ3n) is 19.0. The first-order valence-electron chi connectivity index (χ1n) is 31.2. The van der Waals surface area contributed by atoms with Gasteiger partial charge in [0.15, 0.2) is 0 Å². The van der Waals surface area contributed by atoms with Gasteiger partial charge < -0.3 is 0 Å². The van der Waals surface area contributed by atoms with E-state index in [1.807, 2.05) is 0 Å². The first-order chi connectivity index (χ1) is 41.2. The maximum atomic E-state index is 2.58. The van der Waals surface area contributed by atoms with Gasteiger partial charge in [-0.1, -0.05) is 314 Å². The summed E-state index contributed by atoms with van der Waals surface area (Å²) in [6.45, 7) is 28.5. The average molecular weight is 1110 g/mol. The maximum Gasteiger partial charge on any atom is 0.0212 e. The van der Waals surface area contributed by atoms with Crippen LogP contribution in [0.15, 0.2) is 243 Å². The Balaban J connectivity index is 1.14. The zero-order valence-corrected chi connectivity index (χ0v) is 52.2. The predicted molar refractivity (Wildman–Crippen MR) is 372 cm³/mol. The van der Waals surface area contributed by atoms with Crippen LogP contribution < -0.4 is 0 Å². The first kappa shape index (κ1) is 55.1. The normalized spacial score (nSPS) is 16.0. The first-order valence-corrected chi connectivity index (χ1v) is 31.2. The molecular weight excluding hydrogens is 1030 g/mol. The molecule has 0 N–H and O–H groups in total. The molecule has 0 heterocycles. The van der Waals surface area contributed by atoms with Gasteiger partial charge in [0.25, 0.3) is 0 Å². The molecule has 0 bridgehead atoms. The zero-order valence-electron chi connectivity index (χ0n) is 52.2. The summed E-state index contributed by atoms with van der Waals surface area (Å²) in [4.78, 5) is 0. The van der Waals surface area contributed by atoms with Gasteiger partial charge in [-0.05, 0) is 189 Å². The van der Waals surface area contributed by atoms with Crippen molar-refractivity contribution in [3.63, 3.8) is 0 Å². The Hall–Kier alpha value is -8.84. The average Bonchev–Trinajstić information content (AvgIpc) is 1.50. The highest BCUT2D eigenvalue weighted by atomic mass is 14.5. The van der Waals surface area contributed by atoms with Crippen molar-refractivity contribution in [2.24, 2.45) is 11.8 Å². The molecule has 0 saturated carbocycles. The lowest BCUT2D eigenvalue weighted by molar-refractivity contribution is 0.568. The van der Waals surface area contributed by atoms with E-state index in [4.69, 9.17) is 0 Å². The van der Waals surface area contributed by atoms with E-state index in [0.717, 1.165) is 0 Å². The van der Waals surface area contributed by atoms with Crippen LogP contribution in [0.3, 0.4) is 0 Å². The Kier molecular flexibility index (Phi) is 13.1. The van der Waals surface area contributed by atoms with E-state index in [1.165, 1.54) is 155 Å². The van der Waals surface area contributed by atoms with Crippen molar-refractivity contribution in [3.05, 3.63) is 287 Å². The summed E-state index contributed by atoms with van der Waals surface area (Å²) >= 11 is 0. The van der Waals surface area contributed by atoms with Crippen LogP contribution in [0.2, 0.25) is 0 Å². The highest BCUT2D eigenvalue weighted by Gasteiger charge is 2.51. The van der Waals surface area contributed by atoms with Gasteiger partial charge >= 0.3 is 0 Å². The highest BCUT2D eigenvalue weighted by Crippen LogP contribution is 2.69. The Bertz CT molecular complexity index is 4270. The third-order valence-corrected chi connectivity index (χ3v) is 19.0. The molecule has 0 nitrogen and oxygen atoms in total. The number of rotatable bonds is 6. The minimum absolute atomic E-state index is 0.0531. The van der Waals surface area contributed by atoms with E-state index >= 15 is 0 Å². The monoisotopic (exact) mass is 1110 g/mol. The molecular formula is C86H78. The molecule has 10 aromatic rings. The Morgan fingerprint density at radius 1 is 0.198 bits per heavy atom. The molecule has 14 rings (SSSR count). The van der Waals surface area contributed by atoms with Crippen LogP contribution in [-0.2, 0) is 21.7 Å². The van der Waals surface area contributed by atoms with Crippen LogP contribution in [0.1, 0.15) is 128 Å². The van der Waals surface area contributed by atoms with Crippen molar-refractivity contribution < 1.29 is 0 Å². The largest absolute Gasteiger partial charge is 0.0623 e. The van der Waals surface area contributed by atoms with Crippen molar-refractivity contribution in [1.29, 1.82) is 0 Å². The summed E-state index contributed by atoms with van der Waals surface area (Å²) in [6.07, 6.45) is 10.3. The SMILES string of the molecule is CC(C)(C)c1cc(-c2c3c(c(-c4cc(C(C)(C)C)cc(C(C)(C)C)c4)c4ccccccccc24)C2=CC=C4c5c(c(-c6cccc(-c7ccccc7)c6)c6ccccc6c5-c5cccc(-c6ccccc6)c5)C5=CC=C3C2C54)cc(C(C)(C)C)c1. The molecule has 0 atom stereocenters. The van der Waals surface area contributed by atoms with Crippen molar-refractivity contribution in [1.82, 2.24) is 0 Å². The van der Waals surface area contributed by atoms with Gasteiger partial charge in [0.1, 0.15) is 0 Å². The van der Waals surface area contributed by atoms with Crippen molar-refractivity contribution in [2.45, 2.75) is 105 Å². The lowest BCUT2D eigenvalue weighted by Gasteiger charge is -2.31. The Morgan fingerprint density at radius 2 is 0.430 bits per heavy atom. The number of benzene rings is 9. The molecule has 4 aliphatic carbocycles. The van der Waals surface area contributed by atoms with E-state index in [2.05, 4.69) is 326 Å². The minimum Gasteiger partial charge on any atom is -0.0623 e. The highest BCUT2D eigenvalue weighted by molar-refractivity contribution is 6.24. The molecule has 0 fully saturated rings. The van der Waals surface area contributed by atoms with E-state index in [9.17, 15) is 0 Å². The quantitative estimate of drug-likeness (QED) is 0.156. The molecule has 0 unspecified atom stereocenters. The van der Waals surface area contributed by atoms with Crippen molar-refractivity contribution >= 4 is 43.8 Å². The molecule has 0 heteroatoms. The predicted octanol–water partition coefficient (Wildman–Crippen LogP) is 23.8. The molecule has 0 aromatic heterocycles. The van der Waals surface area contributed by atoms with Gasteiger partial charge in [0, 0.05) is 11.8 Å². The topological polar surface area (TPSA) is 0 Å². The lowest BCUT2D eigenvalue weighted by atomic mass is 9.71.